The minimum Gasteiger partial charge on any atom is -0.506 e. The van der Waals surface area contributed by atoms with E-state index < -0.39 is 11.9 Å². The number of aliphatic hydroxyl groups is 2. The maximum absolute atomic E-state index is 10.8. The second-order valence-corrected chi connectivity index (χ2v) is 7.47. The fourth-order valence-corrected chi connectivity index (χ4v) is 4.27. The van der Waals surface area contributed by atoms with Crippen molar-refractivity contribution in [2.24, 2.45) is 11.8 Å². The molecule has 1 saturated heterocycles. The number of aromatic nitrogens is 1. The first-order chi connectivity index (χ1) is 12.5. The first-order valence-electron chi connectivity index (χ1n) is 9.02. The van der Waals surface area contributed by atoms with Gasteiger partial charge in [0.05, 0.1) is 11.9 Å². The van der Waals surface area contributed by atoms with Crippen molar-refractivity contribution < 1.29 is 20.1 Å². The third kappa shape index (κ3) is 3.67. The quantitative estimate of drug-likeness (QED) is 0.710. The average Bonchev–Trinajstić information content (AvgIpc) is 3.10. The Labute approximate surface area is 152 Å². The van der Waals surface area contributed by atoms with E-state index in [2.05, 4.69) is 9.88 Å². The number of ether oxygens (including phenoxy) is 1. The molecule has 2 aliphatic rings. The van der Waals surface area contributed by atoms with Gasteiger partial charge in [-0.15, -0.1) is 0 Å². The van der Waals surface area contributed by atoms with Crippen LogP contribution in [0.5, 0.6) is 11.5 Å². The van der Waals surface area contributed by atoms with Gasteiger partial charge in [0.1, 0.15) is 17.6 Å². The Kier molecular flexibility index (Phi) is 4.56. The van der Waals surface area contributed by atoms with Crippen LogP contribution in [0.2, 0.25) is 0 Å². The number of benzene rings is 1. The van der Waals surface area contributed by atoms with E-state index in [0.717, 1.165) is 13.1 Å². The van der Waals surface area contributed by atoms with Gasteiger partial charge in [-0.05, 0) is 36.1 Å². The Balaban J connectivity index is 1.32. The second-order valence-electron chi connectivity index (χ2n) is 7.47. The van der Waals surface area contributed by atoms with Crippen LogP contribution in [-0.4, -0.2) is 50.6 Å². The molecule has 0 radical (unpaired) electrons. The number of rotatable bonds is 5. The molecule has 4 atom stereocenters. The Hall–Kier alpha value is -2.15. The molecule has 6 heteroatoms. The van der Waals surface area contributed by atoms with Crippen LogP contribution < -0.4 is 4.74 Å². The number of aliphatic hydroxyl groups excluding tert-OH is 1. The van der Waals surface area contributed by atoms with Crippen molar-refractivity contribution in [3.05, 3.63) is 54.4 Å². The van der Waals surface area contributed by atoms with Gasteiger partial charge in [-0.25, -0.2) is 0 Å². The minimum absolute atomic E-state index is 0.0920. The minimum atomic E-state index is -1.10. The summed E-state index contributed by atoms with van der Waals surface area (Å²) < 4.78 is 5.85. The molecule has 26 heavy (non-hydrogen) atoms. The highest BCUT2D eigenvalue weighted by Gasteiger charge is 2.50. The monoisotopic (exact) mass is 356 g/mol. The summed E-state index contributed by atoms with van der Waals surface area (Å²) in [6, 6.07) is 12.6. The van der Waals surface area contributed by atoms with Crippen molar-refractivity contribution >= 4 is 0 Å². The molecular formula is C20H24N2O4. The van der Waals surface area contributed by atoms with Crippen LogP contribution >= 0.6 is 0 Å². The molecule has 1 aromatic carbocycles. The summed E-state index contributed by atoms with van der Waals surface area (Å²) in [5.74, 6) is 0.419. The number of nitrogens with zero attached hydrogens (tertiary/aromatic N) is 2. The van der Waals surface area contributed by atoms with Crippen LogP contribution in [-0.2, 0) is 0 Å². The number of para-hydroxylation sites is 1. The van der Waals surface area contributed by atoms with Gasteiger partial charge in [-0.1, -0.05) is 18.2 Å². The maximum Gasteiger partial charge on any atom is 0.208 e. The van der Waals surface area contributed by atoms with Crippen molar-refractivity contribution in [2.75, 3.05) is 19.6 Å². The van der Waals surface area contributed by atoms with E-state index in [9.17, 15) is 15.3 Å². The van der Waals surface area contributed by atoms with Gasteiger partial charge in [-0.2, -0.15) is 0 Å². The first-order valence-corrected chi connectivity index (χ1v) is 9.02. The molecule has 1 aliphatic carbocycles. The van der Waals surface area contributed by atoms with E-state index in [1.54, 1.807) is 6.07 Å². The fraction of sp³-hybridized carbons (Fsp3) is 0.450. The van der Waals surface area contributed by atoms with E-state index in [1.165, 1.54) is 12.3 Å². The van der Waals surface area contributed by atoms with Gasteiger partial charge < -0.3 is 20.1 Å². The molecular weight excluding hydrogens is 332 g/mol. The van der Waals surface area contributed by atoms with Crippen LogP contribution in [0.3, 0.4) is 0 Å². The molecule has 0 spiro atoms. The van der Waals surface area contributed by atoms with E-state index in [4.69, 9.17) is 4.74 Å². The Morgan fingerprint density at radius 3 is 2.42 bits per heavy atom. The summed E-state index contributed by atoms with van der Waals surface area (Å²) in [7, 11) is 0. The highest BCUT2D eigenvalue weighted by molar-refractivity contribution is 5.22. The molecule has 1 saturated carbocycles. The molecule has 0 unspecified atom stereocenters. The van der Waals surface area contributed by atoms with E-state index >= 15 is 0 Å². The summed E-state index contributed by atoms with van der Waals surface area (Å²) in [6.07, 6.45) is 1.87. The van der Waals surface area contributed by atoms with E-state index in [-0.39, 0.29) is 5.75 Å². The SMILES string of the molecule is Oc1ccc([C@H](O)CN2C[C@@H]3C[C@@](O)(Oc4ccccc4)C[C@@H]3C2)nc1. The normalized spacial score (nSPS) is 29.5. The van der Waals surface area contributed by atoms with Crippen molar-refractivity contribution in [1.29, 1.82) is 0 Å². The van der Waals surface area contributed by atoms with Gasteiger partial charge in [0.25, 0.3) is 0 Å². The van der Waals surface area contributed by atoms with Crippen LogP contribution in [0.4, 0.5) is 0 Å². The molecule has 1 aliphatic heterocycles. The zero-order valence-corrected chi connectivity index (χ0v) is 14.5. The van der Waals surface area contributed by atoms with E-state index in [1.807, 2.05) is 30.3 Å². The van der Waals surface area contributed by atoms with E-state index in [0.29, 0.717) is 42.7 Å². The number of aromatic hydroxyl groups is 1. The first kappa shape index (κ1) is 17.3. The van der Waals surface area contributed by atoms with Crippen molar-refractivity contribution in [3.63, 3.8) is 0 Å². The van der Waals surface area contributed by atoms with Gasteiger partial charge in [0.2, 0.25) is 5.79 Å². The third-order valence-corrected chi connectivity index (χ3v) is 5.41. The zero-order valence-electron chi connectivity index (χ0n) is 14.5. The molecule has 0 amide bonds. The number of fused-ring (bicyclic) bond motifs is 1. The number of β-amino-alcohol motifs (C(OH)–C–C–N with tert-alkyl or cyclic N) is 1. The number of hydrogen-bond acceptors (Lipinski definition) is 6. The Bertz CT molecular complexity index is 723. The summed E-state index contributed by atoms with van der Waals surface area (Å²) >= 11 is 0. The lowest BCUT2D eigenvalue weighted by molar-refractivity contribution is -0.137. The molecule has 6 nitrogen and oxygen atoms in total. The van der Waals surface area contributed by atoms with Crippen LogP contribution in [0.15, 0.2) is 48.7 Å². The lowest BCUT2D eigenvalue weighted by atomic mass is 10.0. The summed E-state index contributed by atoms with van der Waals surface area (Å²) in [4.78, 5) is 6.29. The highest BCUT2D eigenvalue weighted by atomic mass is 16.6. The fourth-order valence-electron chi connectivity index (χ4n) is 4.27. The molecule has 0 bridgehead atoms. The largest absolute Gasteiger partial charge is 0.506 e. The molecule has 2 heterocycles. The van der Waals surface area contributed by atoms with Crippen molar-refractivity contribution in [1.82, 2.24) is 9.88 Å². The lowest BCUT2D eigenvalue weighted by Gasteiger charge is -2.27. The summed E-state index contributed by atoms with van der Waals surface area (Å²) in [5, 5.41) is 30.5. The van der Waals surface area contributed by atoms with Gasteiger partial charge >= 0.3 is 0 Å². The number of hydrogen-bond donors (Lipinski definition) is 3. The van der Waals surface area contributed by atoms with Gasteiger partial charge in [0.15, 0.2) is 0 Å². The predicted molar refractivity (Wildman–Crippen MR) is 95.5 cm³/mol. The Morgan fingerprint density at radius 2 is 1.81 bits per heavy atom. The molecule has 138 valence electrons. The van der Waals surface area contributed by atoms with Gasteiger partial charge in [-0.3, -0.25) is 9.88 Å². The molecule has 4 rings (SSSR count). The topological polar surface area (TPSA) is 86.1 Å². The molecule has 1 aromatic heterocycles. The molecule has 3 N–H and O–H groups in total. The number of likely N-dealkylation sites (tertiary alicyclic amines) is 1. The van der Waals surface area contributed by atoms with Crippen LogP contribution in [0, 0.1) is 11.8 Å². The van der Waals surface area contributed by atoms with Crippen LogP contribution in [0.1, 0.15) is 24.6 Å². The Morgan fingerprint density at radius 1 is 1.12 bits per heavy atom. The zero-order chi connectivity index (χ0) is 18.1. The van der Waals surface area contributed by atoms with Crippen molar-refractivity contribution in [2.45, 2.75) is 24.7 Å². The van der Waals surface area contributed by atoms with Gasteiger partial charge in [0, 0.05) is 32.5 Å². The maximum atomic E-state index is 10.8. The molecule has 2 aromatic rings. The number of pyridine rings is 1. The lowest BCUT2D eigenvalue weighted by Crippen LogP contribution is -2.36. The summed E-state index contributed by atoms with van der Waals surface area (Å²) in [5.41, 5.74) is 0.559. The molecule has 2 fully saturated rings. The third-order valence-electron chi connectivity index (χ3n) is 5.41. The standard InChI is InChI=1S/C20H24N2O4/c23-16-6-7-18(21-10-16)19(24)13-22-11-14-8-20(25,9-15(14)12-22)26-17-4-2-1-3-5-17/h1-7,10,14-15,19,23-25H,8-9,11-13H2/t14-,15+,19-,20+/m1/s1. The van der Waals surface area contributed by atoms with Crippen molar-refractivity contribution in [3.8, 4) is 11.5 Å². The van der Waals surface area contributed by atoms with Crippen LogP contribution in [0.25, 0.3) is 0 Å². The smallest absolute Gasteiger partial charge is 0.208 e. The summed E-state index contributed by atoms with van der Waals surface area (Å²) in [6.45, 7) is 2.17. The average molecular weight is 356 g/mol. The highest BCUT2D eigenvalue weighted by Crippen LogP contribution is 2.44. The predicted octanol–water partition coefficient (Wildman–Crippen LogP) is 1.93. The second kappa shape index (κ2) is 6.87.